The molecule has 1 aromatic rings. The van der Waals surface area contributed by atoms with Crippen LogP contribution in [0.2, 0.25) is 0 Å². The van der Waals surface area contributed by atoms with Crippen LogP contribution in [0.15, 0.2) is 18.2 Å². The molecule has 3 amide bonds. The molecule has 5 nitrogen and oxygen atoms in total. The van der Waals surface area contributed by atoms with Crippen molar-refractivity contribution in [3.05, 3.63) is 29.6 Å². The quantitative estimate of drug-likeness (QED) is 0.842. The Balaban J connectivity index is 1.83. The molecule has 1 aliphatic carbocycles. The summed E-state index contributed by atoms with van der Waals surface area (Å²) < 4.78 is 18.4. The number of carbonyl (C=O) groups excluding carboxylic acids is 2. The van der Waals surface area contributed by atoms with Crippen LogP contribution in [0.5, 0.6) is 5.75 Å². The fourth-order valence-corrected chi connectivity index (χ4v) is 2.68. The van der Waals surface area contributed by atoms with E-state index in [1.54, 1.807) is 13.0 Å². The molecule has 0 saturated heterocycles. The van der Waals surface area contributed by atoms with Gasteiger partial charge in [-0.2, -0.15) is 0 Å². The molecular weight excluding hydrogens is 307 g/mol. The maximum atomic E-state index is 13.3. The van der Waals surface area contributed by atoms with Gasteiger partial charge in [0.05, 0.1) is 12.4 Å². The van der Waals surface area contributed by atoms with Gasteiger partial charge in [0.25, 0.3) is 0 Å². The Morgan fingerprint density at radius 2 is 2.18 bits per heavy atom. The predicted molar refractivity (Wildman–Crippen MR) is 83.4 cm³/mol. The van der Waals surface area contributed by atoms with E-state index in [4.69, 9.17) is 4.74 Å². The summed E-state index contributed by atoms with van der Waals surface area (Å²) in [4.78, 5) is 23.4. The lowest BCUT2D eigenvalue weighted by molar-refractivity contribution is -0.119. The van der Waals surface area contributed by atoms with Gasteiger partial charge in [-0.1, -0.05) is 0 Å². The molecule has 1 unspecified atom stereocenters. The first-order valence-electron chi connectivity index (χ1n) is 7.05. The van der Waals surface area contributed by atoms with Crippen LogP contribution in [0, 0.1) is 5.82 Å². The zero-order valence-corrected chi connectivity index (χ0v) is 13.3. The van der Waals surface area contributed by atoms with Crippen molar-refractivity contribution in [2.75, 3.05) is 7.11 Å². The zero-order valence-electron chi connectivity index (χ0n) is 12.5. The first-order chi connectivity index (χ1) is 10.5. The third kappa shape index (κ3) is 4.91. The Morgan fingerprint density at radius 1 is 1.45 bits per heavy atom. The largest absolute Gasteiger partial charge is 0.496 e. The summed E-state index contributed by atoms with van der Waals surface area (Å²) in [5.41, 5.74) is 0.676. The molecular formula is C15H19FN2O3S. The molecule has 2 N–H and O–H groups in total. The Bertz CT molecular complexity index is 564. The molecule has 1 saturated carbocycles. The van der Waals surface area contributed by atoms with E-state index in [0.717, 1.165) is 12.8 Å². The molecule has 1 aromatic carbocycles. The number of imide groups is 1. The van der Waals surface area contributed by atoms with E-state index in [9.17, 15) is 14.0 Å². The van der Waals surface area contributed by atoms with Crippen LogP contribution in [-0.2, 0) is 10.5 Å². The van der Waals surface area contributed by atoms with Crippen molar-refractivity contribution in [3.63, 3.8) is 0 Å². The van der Waals surface area contributed by atoms with Crippen LogP contribution in [0.4, 0.5) is 9.18 Å². The number of halogens is 1. The Kier molecular flexibility index (Phi) is 5.65. The number of carbonyl (C=O) groups is 2. The zero-order chi connectivity index (χ0) is 16.1. The highest BCUT2D eigenvalue weighted by atomic mass is 32.2. The average molecular weight is 326 g/mol. The molecule has 1 aliphatic rings. The summed E-state index contributed by atoms with van der Waals surface area (Å²) in [6.45, 7) is 1.70. The number of thioether (sulfide) groups is 1. The third-order valence-electron chi connectivity index (χ3n) is 3.25. The summed E-state index contributed by atoms with van der Waals surface area (Å²) in [7, 11) is 1.51. The van der Waals surface area contributed by atoms with Crippen molar-refractivity contribution >= 4 is 23.7 Å². The Hall–Kier alpha value is -1.76. The van der Waals surface area contributed by atoms with Crippen molar-refractivity contribution in [1.82, 2.24) is 10.6 Å². The topological polar surface area (TPSA) is 67.4 Å². The van der Waals surface area contributed by atoms with Gasteiger partial charge in [0.15, 0.2) is 0 Å². The van der Waals surface area contributed by atoms with E-state index in [-0.39, 0.29) is 17.8 Å². The lowest BCUT2D eigenvalue weighted by atomic mass is 10.2. The maximum absolute atomic E-state index is 13.3. The van der Waals surface area contributed by atoms with Crippen LogP contribution in [0.3, 0.4) is 0 Å². The standard InChI is InChI=1S/C15H19FN2O3S/c1-9(14(19)18-15(20)17-12-4-5-12)22-8-10-7-11(16)3-6-13(10)21-2/h3,6-7,9,12H,4-5,8H2,1-2H3,(H2,17,18,19,20). The van der Waals surface area contributed by atoms with Crippen LogP contribution in [-0.4, -0.2) is 30.3 Å². The lowest BCUT2D eigenvalue weighted by Gasteiger charge is -2.13. The molecule has 0 heterocycles. The van der Waals surface area contributed by atoms with Crippen LogP contribution < -0.4 is 15.4 Å². The smallest absolute Gasteiger partial charge is 0.321 e. The molecule has 120 valence electrons. The summed E-state index contributed by atoms with van der Waals surface area (Å²) in [6, 6.07) is 4.01. The fourth-order valence-electron chi connectivity index (χ4n) is 1.81. The van der Waals surface area contributed by atoms with Gasteiger partial charge < -0.3 is 10.1 Å². The maximum Gasteiger partial charge on any atom is 0.321 e. The number of nitrogens with one attached hydrogen (secondary N) is 2. The van der Waals surface area contributed by atoms with Crippen molar-refractivity contribution in [2.45, 2.75) is 36.8 Å². The molecule has 22 heavy (non-hydrogen) atoms. The van der Waals surface area contributed by atoms with Crippen molar-refractivity contribution in [1.29, 1.82) is 0 Å². The molecule has 1 atom stereocenters. The second-order valence-electron chi connectivity index (χ2n) is 5.15. The average Bonchev–Trinajstić information content (AvgIpc) is 3.28. The van der Waals surface area contributed by atoms with Gasteiger partial charge in [-0.3, -0.25) is 10.1 Å². The molecule has 7 heteroatoms. The van der Waals surface area contributed by atoms with Gasteiger partial charge in [-0.15, -0.1) is 11.8 Å². The molecule has 2 rings (SSSR count). The minimum Gasteiger partial charge on any atom is -0.496 e. The summed E-state index contributed by atoms with van der Waals surface area (Å²) >= 11 is 1.31. The van der Waals surface area contributed by atoms with Crippen LogP contribution in [0.25, 0.3) is 0 Å². The highest BCUT2D eigenvalue weighted by Gasteiger charge is 2.25. The number of amides is 3. The van der Waals surface area contributed by atoms with Gasteiger partial charge in [-0.05, 0) is 38.0 Å². The van der Waals surface area contributed by atoms with Crippen LogP contribution in [0.1, 0.15) is 25.3 Å². The minimum atomic E-state index is -0.455. The molecule has 0 aromatic heterocycles. The molecule has 0 radical (unpaired) electrons. The first kappa shape index (κ1) is 16.6. The number of methoxy groups -OCH3 is 1. The monoisotopic (exact) mass is 326 g/mol. The van der Waals surface area contributed by atoms with Gasteiger partial charge in [0.1, 0.15) is 11.6 Å². The van der Waals surface area contributed by atoms with E-state index in [0.29, 0.717) is 17.1 Å². The van der Waals surface area contributed by atoms with Crippen LogP contribution >= 0.6 is 11.8 Å². The molecule has 0 bridgehead atoms. The summed E-state index contributed by atoms with van der Waals surface area (Å²) in [5.74, 6) is 0.281. The fraction of sp³-hybridized carbons (Fsp3) is 0.467. The lowest BCUT2D eigenvalue weighted by Crippen LogP contribution is -2.43. The van der Waals surface area contributed by atoms with E-state index in [1.807, 2.05) is 0 Å². The number of rotatable bonds is 6. The molecule has 0 aliphatic heterocycles. The summed E-state index contributed by atoms with van der Waals surface area (Å²) in [5, 5.41) is 4.57. The molecule has 1 fully saturated rings. The predicted octanol–water partition coefficient (Wildman–Crippen LogP) is 2.44. The van der Waals surface area contributed by atoms with Crippen molar-refractivity contribution < 1.29 is 18.7 Å². The first-order valence-corrected chi connectivity index (χ1v) is 8.10. The van der Waals surface area contributed by atoms with Gasteiger partial charge in [0, 0.05) is 17.4 Å². The number of benzene rings is 1. The SMILES string of the molecule is COc1ccc(F)cc1CSC(C)C(=O)NC(=O)NC1CC1. The Labute approximate surface area is 133 Å². The highest BCUT2D eigenvalue weighted by molar-refractivity contribution is 7.99. The number of hydrogen-bond acceptors (Lipinski definition) is 4. The van der Waals surface area contributed by atoms with Crippen molar-refractivity contribution in [2.24, 2.45) is 0 Å². The second-order valence-corrected chi connectivity index (χ2v) is 6.48. The third-order valence-corrected chi connectivity index (χ3v) is 4.44. The Morgan fingerprint density at radius 3 is 2.82 bits per heavy atom. The van der Waals surface area contributed by atoms with E-state index < -0.39 is 11.3 Å². The minimum absolute atomic E-state index is 0.201. The van der Waals surface area contributed by atoms with Gasteiger partial charge in [0.2, 0.25) is 5.91 Å². The van der Waals surface area contributed by atoms with E-state index in [2.05, 4.69) is 10.6 Å². The number of ether oxygens (including phenoxy) is 1. The highest BCUT2D eigenvalue weighted by Crippen LogP contribution is 2.26. The second kappa shape index (κ2) is 7.49. The number of hydrogen-bond donors (Lipinski definition) is 2. The number of urea groups is 1. The van der Waals surface area contributed by atoms with Crippen molar-refractivity contribution in [3.8, 4) is 5.75 Å². The normalized spacial score (nSPS) is 15.0. The van der Waals surface area contributed by atoms with Gasteiger partial charge >= 0.3 is 6.03 Å². The van der Waals surface area contributed by atoms with E-state index in [1.165, 1.54) is 31.0 Å². The molecule has 0 spiro atoms. The summed E-state index contributed by atoms with van der Waals surface area (Å²) in [6.07, 6.45) is 1.93. The van der Waals surface area contributed by atoms with Gasteiger partial charge in [-0.25, -0.2) is 9.18 Å². The van der Waals surface area contributed by atoms with E-state index >= 15 is 0 Å².